The molecule has 1 saturated heterocycles. The molecule has 0 aliphatic carbocycles. The maximum absolute atomic E-state index is 12.8. The number of piperidine rings is 1. The van der Waals surface area contributed by atoms with Gasteiger partial charge in [-0.05, 0) is 66.8 Å². The molecule has 0 spiro atoms. The summed E-state index contributed by atoms with van der Waals surface area (Å²) in [7, 11) is 0. The lowest BCUT2D eigenvalue weighted by molar-refractivity contribution is -0.128. The smallest absolute Gasteiger partial charge is 0.344 e. The highest BCUT2D eigenvalue weighted by Gasteiger charge is 2.30. The highest BCUT2D eigenvalue weighted by atomic mass is 16.5. The molecular formula is C27H22N2O4. The maximum Gasteiger partial charge on any atom is 0.344 e. The molecule has 3 aliphatic heterocycles. The van der Waals surface area contributed by atoms with Gasteiger partial charge in [0.1, 0.15) is 11.5 Å². The van der Waals surface area contributed by atoms with Crippen LogP contribution in [0.1, 0.15) is 30.4 Å². The minimum atomic E-state index is -0.433. The number of ether oxygens (including phenoxy) is 2. The van der Waals surface area contributed by atoms with E-state index in [9.17, 15) is 9.59 Å². The number of esters is 2. The first-order chi connectivity index (χ1) is 16.1. The van der Waals surface area contributed by atoms with Crippen LogP contribution in [0.5, 0.6) is 11.5 Å². The molecule has 33 heavy (non-hydrogen) atoms. The van der Waals surface area contributed by atoms with Crippen LogP contribution < -0.4 is 30.5 Å². The van der Waals surface area contributed by atoms with Gasteiger partial charge >= 0.3 is 11.9 Å². The second kappa shape index (κ2) is 7.52. The van der Waals surface area contributed by atoms with Crippen LogP contribution in [0.2, 0.25) is 0 Å². The molecule has 0 radical (unpaired) electrons. The first kappa shape index (κ1) is 19.6. The molecule has 2 N–H and O–H groups in total. The van der Waals surface area contributed by atoms with E-state index in [1.54, 1.807) is 36.4 Å². The first-order valence-corrected chi connectivity index (χ1v) is 11.2. The molecule has 6 rings (SSSR count). The second-order valence-electron chi connectivity index (χ2n) is 8.59. The number of anilines is 2. The van der Waals surface area contributed by atoms with E-state index in [-0.39, 0.29) is 0 Å². The molecule has 0 saturated carbocycles. The van der Waals surface area contributed by atoms with Crippen LogP contribution in [0.15, 0.2) is 60.7 Å². The van der Waals surface area contributed by atoms with Crippen molar-refractivity contribution >= 4 is 34.5 Å². The fourth-order valence-electron chi connectivity index (χ4n) is 4.83. The summed E-state index contributed by atoms with van der Waals surface area (Å²) in [6.07, 6.45) is 3.69. The van der Waals surface area contributed by atoms with Crippen LogP contribution in [0.25, 0.3) is 11.1 Å². The molecule has 1 fully saturated rings. The van der Waals surface area contributed by atoms with Gasteiger partial charge in [0.25, 0.3) is 0 Å². The average molecular weight is 438 g/mol. The molecule has 0 atom stereocenters. The lowest BCUT2D eigenvalue weighted by Crippen LogP contribution is -2.29. The zero-order valence-corrected chi connectivity index (χ0v) is 18.0. The highest BCUT2D eigenvalue weighted by molar-refractivity contribution is 6.21. The summed E-state index contributed by atoms with van der Waals surface area (Å²) in [4.78, 5) is 27.8. The van der Waals surface area contributed by atoms with Crippen LogP contribution in [0.3, 0.4) is 0 Å². The van der Waals surface area contributed by atoms with Crippen molar-refractivity contribution in [2.75, 3.05) is 23.7 Å². The van der Waals surface area contributed by atoms with E-state index in [4.69, 9.17) is 15.2 Å². The molecule has 0 aromatic heterocycles. The first-order valence-electron chi connectivity index (χ1n) is 11.2. The molecular weight excluding hydrogens is 416 g/mol. The van der Waals surface area contributed by atoms with Gasteiger partial charge in [-0.1, -0.05) is 24.3 Å². The Kier molecular flexibility index (Phi) is 4.47. The van der Waals surface area contributed by atoms with Gasteiger partial charge in [-0.2, -0.15) is 0 Å². The highest BCUT2D eigenvalue weighted by Crippen LogP contribution is 2.28. The standard InChI is InChI=1S/C27H22N2O4/c28-18-8-4-16(5-9-18)24-20-14-23-21(15-22(20)32-26(24)30)25(27(31)33-23)17-6-10-19(11-7-17)29-12-2-1-3-13-29/h4-11,14-15H,1-3,12-13,28H2. The number of benzene rings is 3. The third-order valence-corrected chi connectivity index (χ3v) is 6.51. The van der Waals surface area contributed by atoms with Gasteiger partial charge in [0.2, 0.25) is 0 Å². The van der Waals surface area contributed by atoms with Crippen molar-refractivity contribution in [2.24, 2.45) is 0 Å². The van der Waals surface area contributed by atoms with E-state index in [1.807, 2.05) is 12.1 Å². The van der Waals surface area contributed by atoms with Crippen LogP contribution in [-0.2, 0) is 9.59 Å². The van der Waals surface area contributed by atoms with Crippen molar-refractivity contribution in [3.05, 3.63) is 82.2 Å². The number of hydrogen-bond acceptors (Lipinski definition) is 6. The number of nitrogens with two attached hydrogens (primary N) is 1. The predicted octanol–water partition coefficient (Wildman–Crippen LogP) is 2.50. The van der Waals surface area contributed by atoms with Crippen molar-refractivity contribution in [3.63, 3.8) is 0 Å². The summed E-state index contributed by atoms with van der Waals surface area (Å²) in [5.74, 6) is 0.0170. The minimum Gasteiger partial charge on any atom is -0.422 e. The molecule has 3 aromatic rings. The third kappa shape index (κ3) is 3.26. The molecule has 3 heterocycles. The Bertz CT molecular complexity index is 1420. The lowest BCUT2D eigenvalue weighted by Gasteiger charge is -2.28. The molecule has 0 amide bonds. The molecule has 6 heteroatoms. The Balaban J connectivity index is 1.45. The largest absolute Gasteiger partial charge is 0.422 e. The summed E-state index contributed by atoms with van der Waals surface area (Å²) in [6.45, 7) is 2.12. The van der Waals surface area contributed by atoms with Crippen LogP contribution in [0, 0.1) is 0 Å². The average Bonchev–Trinajstić information content (AvgIpc) is 3.33. The van der Waals surface area contributed by atoms with E-state index in [2.05, 4.69) is 17.0 Å². The topological polar surface area (TPSA) is 81.9 Å². The van der Waals surface area contributed by atoms with Crippen molar-refractivity contribution in [1.82, 2.24) is 0 Å². The molecule has 0 unspecified atom stereocenters. The van der Waals surface area contributed by atoms with Gasteiger partial charge in [0.15, 0.2) is 0 Å². The monoisotopic (exact) mass is 438 g/mol. The van der Waals surface area contributed by atoms with E-state index >= 15 is 0 Å². The molecule has 3 aromatic carbocycles. The van der Waals surface area contributed by atoms with Crippen LogP contribution >= 0.6 is 0 Å². The van der Waals surface area contributed by atoms with Gasteiger partial charge in [-0.3, -0.25) is 0 Å². The van der Waals surface area contributed by atoms with Crippen molar-refractivity contribution in [1.29, 1.82) is 0 Å². The summed E-state index contributed by atoms with van der Waals surface area (Å²) in [6, 6.07) is 18.5. The number of nitrogens with zero attached hydrogens (tertiary/aromatic N) is 1. The van der Waals surface area contributed by atoms with E-state index in [0.717, 1.165) is 24.3 Å². The maximum atomic E-state index is 12.8. The summed E-state index contributed by atoms with van der Waals surface area (Å²) in [5, 5.41) is 1.24. The second-order valence-corrected chi connectivity index (χ2v) is 8.59. The molecule has 164 valence electrons. The van der Waals surface area contributed by atoms with Gasteiger partial charge in [0.05, 0.1) is 11.1 Å². The number of hydrogen-bond donors (Lipinski definition) is 1. The fraction of sp³-hybridized carbons (Fsp3) is 0.185. The quantitative estimate of drug-likeness (QED) is 0.384. The number of carbonyl (C=O) groups excluding carboxylic acids is 2. The predicted molar refractivity (Wildman–Crippen MR) is 125 cm³/mol. The fourth-order valence-corrected chi connectivity index (χ4v) is 4.83. The summed E-state index contributed by atoms with van der Waals surface area (Å²) < 4.78 is 11.2. The SMILES string of the molecule is Nc1ccc(C2=c3cc4c(cc3OC2=O)=C(c2ccc(N3CCCCC3)cc2)C(=O)O4)cc1. The Morgan fingerprint density at radius 1 is 0.667 bits per heavy atom. The Hall–Kier alpha value is -4.06. The van der Waals surface area contributed by atoms with E-state index in [0.29, 0.717) is 44.3 Å². The summed E-state index contributed by atoms with van der Waals surface area (Å²) >= 11 is 0. The summed E-state index contributed by atoms with van der Waals surface area (Å²) in [5.41, 5.74) is 9.95. The number of fused-ring (bicyclic) bond motifs is 2. The Labute approximate surface area is 190 Å². The van der Waals surface area contributed by atoms with E-state index in [1.165, 1.54) is 19.3 Å². The molecule has 3 aliphatic rings. The Morgan fingerprint density at radius 2 is 1.15 bits per heavy atom. The van der Waals surface area contributed by atoms with Crippen molar-refractivity contribution < 1.29 is 19.1 Å². The minimum absolute atomic E-state index is 0.403. The van der Waals surface area contributed by atoms with E-state index < -0.39 is 11.9 Å². The lowest BCUT2D eigenvalue weighted by atomic mass is 10.0. The van der Waals surface area contributed by atoms with Gasteiger partial charge in [-0.15, -0.1) is 0 Å². The number of carbonyl (C=O) groups is 2. The molecule has 0 bridgehead atoms. The number of rotatable bonds is 3. The third-order valence-electron chi connectivity index (χ3n) is 6.51. The van der Waals surface area contributed by atoms with Crippen LogP contribution in [-0.4, -0.2) is 25.0 Å². The van der Waals surface area contributed by atoms with Gasteiger partial charge in [-0.25, -0.2) is 9.59 Å². The van der Waals surface area contributed by atoms with Crippen molar-refractivity contribution in [3.8, 4) is 11.5 Å². The van der Waals surface area contributed by atoms with Crippen LogP contribution in [0.4, 0.5) is 11.4 Å². The zero-order chi connectivity index (χ0) is 22.5. The zero-order valence-electron chi connectivity index (χ0n) is 18.0. The van der Waals surface area contributed by atoms with Gasteiger partial charge < -0.3 is 20.1 Å². The molecule has 6 nitrogen and oxygen atoms in total. The number of nitrogen functional groups attached to an aromatic ring is 1. The van der Waals surface area contributed by atoms with Gasteiger partial charge in [0, 0.05) is 34.9 Å². The normalized spacial score (nSPS) is 17.0. The van der Waals surface area contributed by atoms with Crippen molar-refractivity contribution in [2.45, 2.75) is 19.3 Å². The Morgan fingerprint density at radius 3 is 1.67 bits per heavy atom.